The molecule has 116 valence electrons. The zero-order chi connectivity index (χ0) is 15.3. The second-order valence-corrected chi connectivity index (χ2v) is 7.80. The molecule has 0 bridgehead atoms. The molecule has 6 heteroatoms. The number of carbonyl (C=O) groups excluding carboxylic acids is 1. The highest BCUT2D eigenvalue weighted by Gasteiger charge is 2.30. The van der Waals surface area contributed by atoms with Gasteiger partial charge in [-0.05, 0) is 12.3 Å². The van der Waals surface area contributed by atoms with Gasteiger partial charge in [0.15, 0.2) is 0 Å². The summed E-state index contributed by atoms with van der Waals surface area (Å²) in [5.74, 6) is -0.145. The molecule has 0 aliphatic carbocycles. The number of aliphatic carboxylic acids is 1. The predicted molar refractivity (Wildman–Crippen MR) is 82.1 cm³/mol. The summed E-state index contributed by atoms with van der Waals surface area (Å²) in [6, 6.07) is -1.06. The number of nitrogens with one attached hydrogen (secondary N) is 1. The van der Waals surface area contributed by atoms with E-state index in [1.54, 1.807) is 4.90 Å². The zero-order valence-corrected chi connectivity index (χ0v) is 13.6. The molecule has 1 saturated heterocycles. The largest absolute Gasteiger partial charge is 0.480 e. The van der Waals surface area contributed by atoms with Crippen molar-refractivity contribution in [1.29, 1.82) is 0 Å². The minimum atomic E-state index is -0.961. The number of carboxylic acids is 1. The van der Waals surface area contributed by atoms with E-state index in [1.165, 1.54) is 0 Å². The number of amides is 2. The number of thioether (sulfide) groups is 1. The minimum absolute atomic E-state index is 0.0748. The van der Waals surface area contributed by atoms with Crippen molar-refractivity contribution in [3.8, 4) is 0 Å². The maximum Gasteiger partial charge on any atom is 0.326 e. The molecule has 1 rings (SSSR count). The van der Waals surface area contributed by atoms with E-state index < -0.39 is 12.0 Å². The molecule has 1 heterocycles. The molecule has 0 aromatic heterocycles. The lowest BCUT2D eigenvalue weighted by Crippen LogP contribution is -2.51. The first kappa shape index (κ1) is 17.1. The molecule has 1 aliphatic rings. The van der Waals surface area contributed by atoms with E-state index >= 15 is 0 Å². The Bertz CT molecular complexity index is 360. The molecule has 1 unspecified atom stereocenters. The molecule has 2 N–H and O–H groups in total. The van der Waals surface area contributed by atoms with E-state index in [1.807, 2.05) is 25.6 Å². The highest BCUT2D eigenvalue weighted by molar-refractivity contribution is 8.00. The SMILES string of the molecule is CCC(C)[C@H](NC(=O)N1CCSC(C)(C)CC1)C(=O)O. The summed E-state index contributed by atoms with van der Waals surface area (Å²) >= 11 is 1.86. The van der Waals surface area contributed by atoms with Gasteiger partial charge in [-0.25, -0.2) is 9.59 Å². The van der Waals surface area contributed by atoms with Crippen LogP contribution in [0, 0.1) is 5.92 Å². The average molecular weight is 302 g/mol. The Morgan fingerprint density at radius 1 is 1.40 bits per heavy atom. The van der Waals surface area contributed by atoms with Crippen molar-refractivity contribution in [2.45, 2.75) is 51.3 Å². The zero-order valence-electron chi connectivity index (χ0n) is 12.8. The van der Waals surface area contributed by atoms with Gasteiger partial charge >= 0.3 is 12.0 Å². The monoisotopic (exact) mass is 302 g/mol. The van der Waals surface area contributed by atoms with Crippen LogP contribution < -0.4 is 5.32 Å². The van der Waals surface area contributed by atoms with Gasteiger partial charge in [0.2, 0.25) is 0 Å². The van der Waals surface area contributed by atoms with Crippen molar-refractivity contribution >= 4 is 23.8 Å². The van der Waals surface area contributed by atoms with Gasteiger partial charge in [-0.1, -0.05) is 34.1 Å². The van der Waals surface area contributed by atoms with Crippen LogP contribution in [-0.4, -0.2) is 51.6 Å². The van der Waals surface area contributed by atoms with Crippen molar-refractivity contribution in [3.63, 3.8) is 0 Å². The molecule has 0 aromatic rings. The Kier molecular flexibility index (Phi) is 6.17. The van der Waals surface area contributed by atoms with Gasteiger partial charge in [0, 0.05) is 23.6 Å². The number of hydrogen-bond donors (Lipinski definition) is 2. The molecule has 0 saturated carbocycles. The predicted octanol–water partition coefficient (Wildman–Crippen LogP) is 2.41. The second kappa shape index (κ2) is 7.20. The fourth-order valence-corrected chi connectivity index (χ4v) is 3.23. The van der Waals surface area contributed by atoms with Crippen LogP contribution in [-0.2, 0) is 4.79 Å². The summed E-state index contributed by atoms with van der Waals surface area (Å²) in [7, 11) is 0. The van der Waals surface area contributed by atoms with Crippen LogP contribution in [0.15, 0.2) is 0 Å². The smallest absolute Gasteiger partial charge is 0.326 e. The Hall–Kier alpha value is -0.910. The van der Waals surface area contributed by atoms with Gasteiger partial charge in [-0.3, -0.25) is 0 Å². The lowest BCUT2D eigenvalue weighted by atomic mass is 9.99. The number of hydrogen-bond acceptors (Lipinski definition) is 3. The molecule has 2 amide bonds. The van der Waals surface area contributed by atoms with Crippen LogP contribution in [0.5, 0.6) is 0 Å². The number of carboxylic acid groups (broad SMARTS) is 1. The lowest BCUT2D eigenvalue weighted by molar-refractivity contribution is -0.140. The van der Waals surface area contributed by atoms with Crippen molar-refractivity contribution < 1.29 is 14.7 Å². The van der Waals surface area contributed by atoms with E-state index in [9.17, 15) is 14.7 Å². The summed E-state index contributed by atoms with van der Waals surface area (Å²) in [5, 5.41) is 11.9. The topological polar surface area (TPSA) is 69.6 Å². The number of rotatable bonds is 4. The lowest BCUT2D eigenvalue weighted by Gasteiger charge is -2.26. The summed E-state index contributed by atoms with van der Waals surface area (Å²) in [6.07, 6.45) is 1.65. The Morgan fingerprint density at radius 2 is 2.05 bits per heavy atom. The first-order valence-electron chi connectivity index (χ1n) is 7.19. The van der Waals surface area contributed by atoms with Gasteiger partial charge in [0.05, 0.1) is 0 Å². The third-order valence-corrected chi connectivity index (χ3v) is 5.26. The highest BCUT2D eigenvalue weighted by Crippen LogP contribution is 2.30. The summed E-state index contributed by atoms with van der Waals surface area (Å²) in [6.45, 7) is 9.49. The van der Waals surface area contributed by atoms with E-state index in [0.29, 0.717) is 13.1 Å². The van der Waals surface area contributed by atoms with Crippen molar-refractivity contribution in [3.05, 3.63) is 0 Å². The first-order valence-corrected chi connectivity index (χ1v) is 8.17. The van der Waals surface area contributed by atoms with Crippen LogP contribution in [0.25, 0.3) is 0 Å². The molecule has 1 fully saturated rings. The fraction of sp³-hybridized carbons (Fsp3) is 0.857. The number of nitrogens with zero attached hydrogens (tertiary/aromatic N) is 1. The molecule has 2 atom stereocenters. The summed E-state index contributed by atoms with van der Waals surface area (Å²) in [5.41, 5.74) is 0. The van der Waals surface area contributed by atoms with E-state index in [2.05, 4.69) is 19.2 Å². The quantitative estimate of drug-likeness (QED) is 0.836. The molecule has 5 nitrogen and oxygen atoms in total. The third-order valence-electron chi connectivity index (χ3n) is 3.88. The average Bonchev–Trinajstić information content (AvgIpc) is 2.55. The van der Waals surface area contributed by atoms with Gasteiger partial charge in [-0.15, -0.1) is 0 Å². The Balaban J connectivity index is 2.62. The molecular weight excluding hydrogens is 276 g/mol. The number of carbonyl (C=O) groups is 2. The van der Waals surface area contributed by atoms with E-state index in [0.717, 1.165) is 18.6 Å². The third kappa shape index (κ3) is 4.89. The molecule has 0 spiro atoms. The maximum absolute atomic E-state index is 12.2. The molecule has 20 heavy (non-hydrogen) atoms. The molecule has 0 aromatic carbocycles. The highest BCUT2D eigenvalue weighted by atomic mass is 32.2. The van der Waals surface area contributed by atoms with Crippen molar-refractivity contribution in [1.82, 2.24) is 10.2 Å². The van der Waals surface area contributed by atoms with Crippen LogP contribution in [0.1, 0.15) is 40.5 Å². The van der Waals surface area contributed by atoms with Gasteiger partial charge in [-0.2, -0.15) is 11.8 Å². The molecule has 0 radical (unpaired) electrons. The number of urea groups is 1. The van der Waals surface area contributed by atoms with Crippen LogP contribution in [0.3, 0.4) is 0 Å². The Morgan fingerprint density at radius 3 is 2.60 bits per heavy atom. The fourth-order valence-electron chi connectivity index (χ4n) is 2.13. The summed E-state index contributed by atoms with van der Waals surface area (Å²) in [4.78, 5) is 25.2. The van der Waals surface area contributed by atoms with Crippen LogP contribution in [0.4, 0.5) is 4.79 Å². The second-order valence-electron chi connectivity index (χ2n) is 6.00. The standard InChI is InChI=1S/C14H26N2O3S/c1-5-10(2)11(12(17)18)15-13(19)16-7-6-14(3,4)20-9-8-16/h10-11H,5-9H2,1-4H3,(H,15,19)(H,17,18)/t10?,11-/m0/s1. The van der Waals surface area contributed by atoms with Gasteiger partial charge < -0.3 is 15.3 Å². The maximum atomic E-state index is 12.2. The minimum Gasteiger partial charge on any atom is -0.480 e. The van der Waals surface area contributed by atoms with E-state index in [4.69, 9.17) is 0 Å². The normalized spacial score (nSPS) is 21.7. The summed E-state index contributed by atoms with van der Waals surface area (Å²) < 4.78 is 0.179. The van der Waals surface area contributed by atoms with Crippen LogP contribution >= 0.6 is 11.8 Å². The molecule has 1 aliphatic heterocycles. The van der Waals surface area contributed by atoms with E-state index in [-0.39, 0.29) is 16.7 Å². The van der Waals surface area contributed by atoms with Crippen molar-refractivity contribution in [2.24, 2.45) is 5.92 Å². The van der Waals surface area contributed by atoms with Gasteiger partial charge in [0.25, 0.3) is 0 Å². The Labute approximate surface area is 125 Å². The van der Waals surface area contributed by atoms with Gasteiger partial charge in [0.1, 0.15) is 6.04 Å². The van der Waals surface area contributed by atoms with Crippen molar-refractivity contribution in [2.75, 3.05) is 18.8 Å². The molecular formula is C14H26N2O3S. The first-order chi connectivity index (χ1) is 9.26. The van der Waals surface area contributed by atoms with Crippen LogP contribution in [0.2, 0.25) is 0 Å².